The fourth-order valence-corrected chi connectivity index (χ4v) is 5.87. The number of ether oxygens (including phenoxy) is 2. The lowest BCUT2D eigenvalue weighted by molar-refractivity contribution is -0.0182. The van der Waals surface area contributed by atoms with E-state index < -0.39 is 28.0 Å². The molecule has 202 valence electrons. The Kier molecular flexibility index (Phi) is 8.53. The highest BCUT2D eigenvalue weighted by Crippen LogP contribution is 2.40. The number of nitrogens with one attached hydrogen (secondary N) is 1. The van der Waals surface area contributed by atoms with E-state index in [0.29, 0.717) is 31.7 Å². The molecule has 2 saturated carbocycles. The molecule has 8 nitrogen and oxygen atoms in total. The van der Waals surface area contributed by atoms with Gasteiger partial charge in [0.25, 0.3) is 10.2 Å². The lowest BCUT2D eigenvalue weighted by Crippen LogP contribution is -2.55. The lowest BCUT2D eigenvalue weighted by Gasteiger charge is -2.39. The van der Waals surface area contributed by atoms with Crippen LogP contribution in [0.25, 0.3) is 0 Å². The maximum atomic E-state index is 13.9. The van der Waals surface area contributed by atoms with Crippen LogP contribution in [0.4, 0.5) is 13.6 Å². The number of likely N-dealkylation sites (tertiary alicyclic amines) is 1. The number of amides is 1. The number of piperidine rings is 1. The topological polar surface area (TPSA) is 88.2 Å². The predicted octanol–water partition coefficient (Wildman–Crippen LogP) is 3.59. The average molecular weight is 530 g/mol. The average Bonchev–Trinajstić information content (AvgIpc) is 3.59. The molecular weight excluding hydrogens is 492 g/mol. The Morgan fingerprint density at radius 2 is 1.92 bits per heavy atom. The molecular formula is C25H37F2N3O5S. The molecule has 1 heterocycles. The molecule has 36 heavy (non-hydrogen) atoms. The first-order chi connectivity index (χ1) is 17.0. The normalized spacial score (nSPS) is 28.2. The van der Waals surface area contributed by atoms with Gasteiger partial charge in [-0.1, -0.05) is 12.1 Å². The maximum Gasteiger partial charge on any atom is 0.409 e. The minimum atomic E-state index is -3.66. The van der Waals surface area contributed by atoms with Gasteiger partial charge in [0.05, 0.1) is 12.7 Å². The van der Waals surface area contributed by atoms with E-state index >= 15 is 0 Å². The van der Waals surface area contributed by atoms with Gasteiger partial charge in [-0.3, -0.25) is 0 Å². The first-order valence-corrected chi connectivity index (χ1v) is 14.2. The molecule has 0 radical (unpaired) electrons. The van der Waals surface area contributed by atoms with Crippen LogP contribution < -0.4 is 4.72 Å². The van der Waals surface area contributed by atoms with Gasteiger partial charge < -0.3 is 14.4 Å². The van der Waals surface area contributed by atoms with Crippen molar-refractivity contribution in [3.05, 3.63) is 35.6 Å². The highest BCUT2D eigenvalue weighted by atomic mass is 32.2. The van der Waals surface area contributed by atoms with Gasteiger partial charge in [-0.25, -0.2) is 13.6 Å². The van der Waals surface area contributed by atoms with Crippen molar-refractivity contribution in [3.63, 3.8) is 0 Å². The number of hydrogen-bond donors (Lipinski definition) is 1. The van der Waals surface area contributed by atoms with Crippen LogP contribution in [0.2, 0.25) is 0 Å². The van der Waals surface area contributed by atoms with Crippen LogP contribution in [0, 0.1) is 11.7 Å². The van der Waals surface area contributed by atoms with Crippen LogP contribution in [0.15, 0.2) is 24.3 Å². The van der Waals surface area contributed by atoms with Gasteiger partial charge in [-0.15, -0.1) is 0 Å². The number of rotatable bonds is 9. The number of hydrogen-bond acceptors (Lipinski definition) is 5. The zero-order valence-electron chi connectivity index (χ0n) is 21.0. The molecule has 0 bridgehead atoms. The third kappa shape index (κ3) is 7.14. The third-order valence-corrected chi connectivity index (χ3v) is 9.12. The van der Waals surface area contributed by atoms with Crippen molar-refractivity contribution in [2.75, 3.05) is 40.4 Å². The smallest absolute Gasteiger partial charge is 0.409 e. The van der Waals surface area contributed by atoms with Gasteiger partial charge >= 0.3 is 6.09 Å². The number of carbonyl (C=O) groups is 1. The Balaban J connectivity index is 1.33. The fourth-order valence-electron chi connectivity index (χ4n) is 4.96. The van der Waals surface area contributed by atoms with Crippen molar-refractivity contribution in [3.8, 4) is 0 Å². The largest absolute Gasteiger partial charge is 0.446 e. The summed E-state index contributed by atoms with van der Waals surface area (Å²) < 4.78 is 67.7. The number of nitrogens with zero attached hydrogens (tertiary/aromatic N) is 2. The molecule has 1 saturated heterocycles. The van der Waals surface area contributed by atoms with E-state index in [9.17, 15) is 22.0 Å². The minimum Gasteiger partial charge on any atom is -0.446 e. The first kappa shape index (κ1) is 27.2. The van der Waals surface area contributed by atoms with Gasteiger partial charge in [0.1, 0.15) is 18.1 Å². The van der Waals surface area contributed by atoms with Crippen molar-refractivity contribution >= 4 is 16.3 Å². The van der Waals surface area contributed by atoms with Gasteiger partial charge in [0.15, 0.2) is 0 Å². The van der Waals surface area contributed by atoms with Crippen molar-refractivity contribution < 1.29 is 31.5 Å². The lowest BCUT2D eigenvalue weighted by atomic mass is 9.82. The maximum absolute atomic E-state index is 13.9. The van der Waals surface area contributed by atoms with E-state index in [2.05, 4.69) is 4.72 Å². The molecule has 2 aliphatic carbocycles. The third-order valence-electron chi connectivity index (χ3n) is 7.56. The van der Waals surface area contributed by atoms with E-state index in [-0.39, 0.29) is 37.6 Å². The predicted molar refractivity (Wildman–Crippen MR) is 131 cm³/mol. The van der Waals surface area contributed by atoms with E-state index in [4.69, 9.17) is 9.47 Å². The molecule has 1 N–H and O–H groups in total. The second kappa shape index (κ2) is 11.3. The number of benzene rings is 1. The highest BCUT2D eigenvalue weighted by molar-refractivity contribution is 7.87. The van der Waals surface area contributed by atoms with Crippen molar-refractivity contribution in [1.29, 1.82) is 0 Å². The Morgan fingerprint density at radius 3 is 2.56 bits per heavy atom. The summed E-state index contributed by atoms with van der Waals surface area (Å²) in [5.41, 5.74) is -0.378. The molecule has 0 aromatic heterocycles. The molecule has 3 aliphatic rings. The Morgan fingerprint density at radius 1 is 1.19 bits per heavy atom. The van der Waals surface area contributed by atoms with Crippen molar-refractivity contribution in [2.45, 2.75) is 68.7 Å². The summed E-state index contributed by atoms with van der Waals surface area (Å²) in [4.78, 5) is 14.1. The molecule has 2 atom stereocenters. The van der Waals surface area contributed by atoms with Gasteiger partial charge in [-0.2, -0.15) is 17.4 Å². The molecule has 1 aromatic rings. The Bertz CT molecular complexity index is 1010. The standard InChI is InChI=1S/C25H37F2N3O5S/c1-29(2)36(32,33)28-23-10-13-30(24(31)35-17-25(27)11-12-25)15-20(23)16-34-22-8-6-18(7-9-22)19-4-3-5-21(26)14-19/h3-5,14,18,20,22-23,28H,6-13,15-17H2,1-2H3/t18?,20-,22?,23-/m0/s1. The molecule has 1 amide bonds. The molecule has 1 aliphatic heterocycles. The van der Waals surface area contributed by atoms with E-state index in [1.54, 1.807) is 12.1 Å². The SMILES string of the molecule is CN(C)S(=O)(=O)N[C@H]1CCN(C(=O)OCC2(F)CC2)C[C@H]1COC1CCC(c2cccc(F)c2)CC1. The minimum absolute atomic E-state index is 0.0181. The van der Waals surface area contributed by atoms with E-state index in [1.807, 2.05) is 6.07 Å². The summed E-state index contributed by atoms with van der Waals surface area (Å²) in [6.45, 7) is 0.618. The number of alkyl halides is 1. The van der Waals surface area contributed by atoms with Gasteiger partial charge in [0, 0.05) is 39.1 Å². The van der Waals surface area contributed by atoms with Crippen LogP contribution in [0.1, 0.15) is 56.4 Å². The fraction of sp³-hybridized carbons (Fsp3) is 0.720. The summed E-state index contributed by atoms with van der Waals surface area (Å²) in [6.07, 6.45) is 4.09. The number of carbonyl (C=O) groups excluding carboxylic acids is 1. The van der Waals surface area contributed by atoms with Crippen LogP contribution >= 0.6 is 0 Å². The van der Waals surface area contributed by atoms with Crippen LogP contribution in [-0.2, 0) is 19.7 Å². The molecule has 0 spiro atoms. The van der Waals surface area contributed by atoms with Crippen molar-refractivity contribution in [2.24, 2.45) is 5.92 Å². The van der Waals surface area contributed by atoms with Crippen LogP contribution in [0.5, 0.6) is 0 Å². The summed E-state index contributed by atoms with van der Waals surface area (Å²) in [5, 5.41) is 0. The zero-order valence-corrected chi connectivity index (χ0v) is 21.8. The molecule has 3 fully saturated rings. The van der Waals surface area contributed by atoms with Crippen LogP contribution in [-0.4, -0.2) is 81.9 Å². The summed E-state index contributed by atoms with van der Waals surface area (Å²) >= 11 is 0. The van der Waals surface area contributed by atoms with Gasteiger partial charge in [0.2, 0.25) is 0 Å². The molecule has 1 aromatic carbocycles. The Labute approximate surface area is 212 Å². The van der Waals surface area contributed by atoms with E-state index in [0.717, 1.165) is 35.6 Å². The number of halogens is 2. The summed E-state index contributed by atoms with van der Waals surface area (Å²) in [6, 6.07) is 6.34. The highest BCUT2D eigenvalue weighted by Gasteiger charge is 2.45. The Hall–Kier alpha value is -1.82. The molecule has 4 rings (SSSR count). The van der Waals surface area contributed by atoms with Crippen LogP contribution in [0.3, 0.4) is 0 Å². The summed E-state index contributed by atoms with van der Waals surface area (Å²) in [5.74, 6) is -0.205. The van der Waals surface area contributed by atoms with Crippen molar-refractivity contribution in [1.82, 2.24) is 13.9 Å². The zero-order chi connectivity index (χ0) is 25.9. The second-order valence-electron chi connectivity index (χ2n) is 10.6. The molecule has 11 heteroatoms. The first-order valence-electron chi connectivity index (χ1n) is 12.7. The quantitative estimate of drug-likeness (QED) is 0.528. The van der Waals surface area contributed by atoms with Gasteiger partial charge in [-0.05, 0) is 68.6 Å². The monoisotopic (exact) mass is 529 g/mol. The second-order valence-corrected chi connectivity index (χ2v) is 12.5. The molecule has 0 unspecified atom stereocenters. The van der Waals surface area contributed by atoms with E-state index in [1.165, 1.54) is 25.1 Å². The summed E-state index contributed by atoms with van der Waals surface area (Å²) in [7, 11) is -0.741.